The van der Waals surface area contributed by atoms with Gasteiger partial charge in [-0.1, -0.05) is 67.4 Å². The van der Waals surface area contributed by atoms with E-state index >= 15 is 0 Å². The van der Waals surface area contributed by atoms with E-state index in [-0.39, 0.29) is 18.1 Å². The van der Waals surface area contributed by atoms with Gasteiger partial charge in [0.1, 0.15) is 12.6 Å². The van der Waals surface area contributed by atoms with E-state index < -0.39 is 24.0 Å². The van der Waals surface area contributed by atoms with Crippen LogP contribution in [0.3, 0.4) is 0 Å². The minimum atomic E-state index is -1.08. The molecule has 1 saturated carbocycles. The molecular weight excluding hydrogens is 444 g/mol. The van der Waals surface area contributed by atoms with Crippen LogP contribution >= 0.6 is 0 Å². The maximum atomic E-state index is 13.0. The molecule has 0 aromatic heterocycles. The Labute approximate surface area is 203 Å². The summed E-state index contributed by atoms with van der Waals surface area (Å²) < 4.78 is 5.62. The van der Waals surface area contributed by atoms with E-state index in [2.05, 4.69) is 34.9 Å². The number of carboxylic acid groups (broad SMARTS) is 1. The molecule has 0 bridgehead atoms. The second-order valence-electron chi connectivity index (χ2n) is 9.08. The number of hydrogen-bond donors (Lipinski definition) is 3. The van der Waals surface area contributed by atoms with Crippen LogP contribution in [0.25, 0.3) is 11.1 Å². The summed E-state index contributed by atoms with van der Waals surface area (Å²) in [5, 5.41) is 14.6. The van der Waals surface area contributed by atoms with Crippen molar-refractivity contribution in [3.8, 4) is 11.1 Å². The number of alkyl carbamates (subject to hydrolysis) is 1. The Hall–Kier alpha value is -4.13. The third-order valence-electron chi connectivity index (χ3n) is 6.60. The normalized spacial score (nSPS) is 15.0. The van der Waals surface area contributed by atoms with Gasteiger partial charge in [-0.3, -0.25) is 4.79 Å². The number of amides is 2. The van der Waals surface area contributed by atoms with Crippen LogP contribution in [-0.4, -0.2) is 35.7 Å². The Morgan fingerprint density at radius 2 is 1.57 bits per heavy atom. The molecule has 0 heterocycles. The van der Waals surface area contributed by atoms with Gasteiger partial charge in [0.15, 0.2) is 0 Å². The van der Waals surface area contributed by atoms with Gasteiger partial charge in [0, 0.05) is 11.6 Å². The average molecular weight is 471 g/mol. The standard InChI is InChI=1S/C28H26N2O5/c31-26(29-19-7-5-6-18(15-19)27(32)33)25(14-17-12-13-17)30-28(34)35-16-24-22-10-3-1-8-20(22)21-9-2-4-11-23(21)24/h1-11,15,17,24-25H,12-14,16H2,(H,29,31)(H,30,34)(H,32,33). The lowest BCUT2D eigenvalue weighted by Crippen LogP contribution is -2.44. The molecule has 0 aliphatic heterocycles. The molecule has 2 aliphatic rings. The van der Waals surface area contributed by atoms with E-state index in [0.717, 1.165) is 35.1 Å². The smallest absolute Gasteiger partial charge is 0.407 e. The summed E-state index contributed by atoms with van der Waals surface area (Å²) in [5.41, 5.74) is 4.97. The third kappa shape index (κ3) is 5.04. The quantitative estimate of drug-likeness (QED) is 0.428. The second kappa shape index (κ2) is 9.62. The molecule has 0 radical (unpaired) electrons. The molecule has 3 aromatic carbocycles. The molecule has 7 heteroatoms. The molecule has 2 amide bonds. The number of carbonyl (C=O) groups is 3. The predicted octanol–water partition coefficient (Wildman–Crippen LogP) is 5.03. The molecule has 35 heavy (non-hydrogen) atoms. The lowest BCUT2D eigenvalue weighted by atomic mass is 9.98. The van der Waals surface area contributed by atoms with Crippen LogP contribution in [0, 0.1) is 5.92 Å². The number of benzene rings is 3. The van der Waals surface area contributed by atoms with Gasteiger partial charge in [-0.05, 0) is 52.8 Å². The first-order valence-corrected chi connectivity index (χ1v) is 11.8. The zero-order chi connectivity index (χ0) is 24.4. The van der Waals surface area contributed by atoms with Crippen molar-refractivity contribution in [2.45, 2.75) is 31.2 Å². The summed E-state index contributed by atoms with van der Waals surface area (Å²) in [6.45, 7) is 0.165. The van der Waals surface area contributed by atoms with Crippen molar-refractivity contribution in [1.29, 1.82) is 0 Å². The van der Waals surface area contributed by atoms with Gasteiger partial charge in [0.25, 0.3) is 0 Å². The van der Waals surface area contributed by atoms with Crippen molar-refractivity contribution in [3.63, 3.8) is 0 Å². The van der Waals surface area contributed by atoms with Gasteiger partial charge in [0.05, 0.1) is 5.56 Å². The zero-order valence-electron chi connectivity index (χ0n) is 19.1. The first-order valence-electron chi connectivity index (χ1n) is 11.8. The number of carboxylic acids is 1. The first-order chi connectivity index (χ1) is 17.0. The van der Waals surface area contributed by atoms with Gasteiger partial charge in [-0.2, -0.15) is 0 Å². The van der Waals surface area contributed by atoms with Crippen molar-refractivity contribution in [2.75, 3.05) is 11.9 Å². The molecule has 1 fully saturated rings. The van der Waals surface area contributed by atoms with Crippen LogP contribution in [0.2, 0.25) is 0 Å². The lowest BCUT2D eigenvalue weighted by molar-refractivity contribution is -0.118. The Morgan fingerprint density at radius 1 is 0.914 bits per heavy atom. The summed E-state index contributed by atoms with van der Waals surface area (Å²) in [4.78, 5) is 36.9. The monoisotopic (exact) mass is 470 g/mol. The fourth-order valence-electron chi connectivity index (χ4n) is 4.66. The predicted molar refractivity (Wildman–Crippen MR) is 131 cm³/mol. The molecule has 3 N–H and O–H groups in total. The van der Waals surface area contributed by atoms with Crippen LogP contribution in [0.5, 0.6) is 0 Å². The molecular formula is C28H26N2O5. The Morgan fingerprint density at radius 3 is 2.20 bits per heavy atom. The van der Waals surface area contributed by atoms with Gasteiger partial charge in [-0.25, -0.2) is 9.59 Å². The number of fused-ring (bicyclic) bond motifs is 3. The fraction of sp³-hybridized carbons (Fsp3) is 0.250. The van der Waals surface area contributed by atoms with E-state index in [1.54, 1.807) is 12.1 Å². The molecule has 0 spiro atoms. The maximum Gasteiger partial charge on any atom is 0.407 e. The lowest BCUT2D eigenvalue weighted by Gasteiger charge is -2.20. The van der Waals surface area contributed by atoms with E-state index in [1.807, 2.05) is 24.3 Å². The van der Waals surface area contributed by atoms with Crippen molar-refractivity contribution in [1.82, 2.24) is 5.32 Å². The van der Waals surface area contributed by atoms with E-state index in [0.29, 0.717) is 18.0 Å². The summed E-state index contributed by atoms with van der Waals surface area (Å²) in [5.74, 6) is -1.16. The van der Waals surface area contributed by atoms with Crippen molar-refractivity contribution >= 4 is 23.7 Å². The number of rotatable bonds is 8. The molecule has 7 nitrogen and oxygen atoms in total. The Balaban J connectivity index is 1.24. The largest absolute Gasteiger partial charge is 0.478 e. The summed E-state index contributed by atoms with van der Waals surface area (Å²) in [6.07, 6.45) is 1.90. The third-order valence-corrected chi connectivity index (χ3v) is 6.60. The molecule has 0 saturated heterocycles. The highest BCUT2D eigenvalue weighted by molar-refractivity contribution is 5.98. The van der Waals surface area contributed by atoms with Crippen LogP contribution in [-0.2, 0) is 9.53 Å². The Kier molecular flexibility index (Phi) is 6.23. The van der Waals surface area contributed by atoms with E-state index in [1.165, 1.54) is 12.1 Å². The second-order valence-corrected chi connectivity index (χ2v) is 9.08. The summed E-state index contributed by atoms with van der Waals surface area (Å²) in [6, 6.07) is 21.5. The van der Waals surface area contributed by atoms with Gasteiger partial charge >= 0.3 is 12.1 Å². The van der Waals surface area contributed by atoms with Crippen molar-refractivity contribution in [2.24, 2.45) is 5.92 Å². The van der Waals surface area contributed by atoms with Gasteiger partial charge in [0.2, 0.25) is 5.91 Å². The highest BCUT2D eigenvalue weighted by atomic mass is 16.5. The number of carbonyl (C=O) groups excluding carboxylic acids is 2. The first kappa shape index (κ1) is 22.7. The molecule has 3 aromatic rings. The van der Waals surface area contributed by atoms with Crippen LogP contribution in [0.1, 0.15) is 46.7 Å². The minimum absolute atomic E-state index is 0.0670. The van der Waals surface area contributed by atoms with Crippen molar-refractivity contribution < 1.29 is 24.2 Å². The van der Waals surface area contributed by atoms with Crippen molar-refractivity contribution in [3.05, 3.63) is 89.5 Å². The number of aromatic carboxylic acids is 1. The van der Waals surface area contributed by atoms with Gasteiger partial charge in [-0.15, -0.1) is 0 Å². The van der Waals surface area contributed by atoms with E-state index in [4.69, 9.17) is 4.74 Å². The molecule has 5 rings (SSSR count). The number of nitrogens with one attached hydrogen (secondary N) is 2. The van der Waals surface area contributed by atoms with Crippen LogP contribution in [0.15, 0.2) is 72.8 Å². The highest BCUT2D eigenvalue weighted by Crippen LogP contribution is 2.44. The minimum Gasteiger partial charge on any atom is -0.478 e. The molecule has 2 aliphatic carbocycles. The number of hydrogen-bond acceptors (Lipinski definition) is 4. The van der Waals surface area contributed by atoms with Crippen LogP contribution in [0.4, 0.5) is 10.5 Å². The topological polar surface area (TPSA) is 105 Å². The molecule has 1 atom stereocenters. The molecule has 1 unspecified atom stereocenters. The molecule has 178 valence electrons. The highest BCUT2D eigenvalue weighted by Gasteiger charge is 2.32. The van der Waals surface area contributed by atoms with Crippen LogP contribution < -0.4 is 10.6 Å². The summed E-state index contributed by atoms with van der Waals surface area (Å²) in [7, 11) is 0. The van der Waals surface area contributed by atoms with E-state index in [9.17, 15) is 19.5 Å². The zero-order valence-corrected chi connectivity index (χ0v) is 19.1. The fourth-order valence-corrected chi connectivity index (χ4v) is 4.66. The average Bonchev–Trinajstić information content (AvgIpc) is 3.63. The maximum absolute atomic E-state index is 13.0. The summed E-state index contributed by atoms with van der Waals surface area (Å²) >= 11 is 0. The number of anilines is 1. The SMILES string of the molecule is O=C(NC(CC1CC1)C(=O)Nc1cccc(C(=O)O)c1)OCC1c2ccccc2-c2ccccc21. The van der Waals surface area contributed by atoms with Gasteiger partial charge < -0.3 is 20.5 Å². The number of ether oxygens (including phenoxy) is 1. The Bertz CT molecular complexity index is 1240.